The summed E-state index contributed by atoms with van der Waals surface area (Å²) in [5.41, 5.74) is 0.122. The van der Waals surface area contributed by atoms with Crippen LogP contribution in [-0.2, 0) is 16.1 Å². The third-order valence-electron chi connectivity index (χ3n) is 4.65. The van der Waals surface area contributed by atoms with E-state index in [4.69, 9.17) is 14.2 Å². The first kappa shape index (κ1) is 23.7. The van der Waals surface area contributed by atoms with Gasteiger partial charge >= 0.3 is 5.97 Å². The molecule has 1 aromatic carbocycles. The molecule has 0 aromatic heterocycles. The lowest BCUT2D eigenvalue weighted by Gasteiger charge is -2.11. The predicted octanol–water partition coefficient (Wildman–Crippen LogP) is 5.58. The minimum absolute atomic E-state index is 0.159. The van der Waals surface area contributed by atoms with E-state index in [1.165, 1.54) is 64.9 Å². The molecule has 0 aliphatic carbocycles. The Bertz CT molecular complexity index is 617. The second-order valence-electron chi connectivity index (χ2n) is 6.83. The van der Waals surface area contributed by atoms with Crippen molar-refractivity contribution in [3.05, 3.63) is 27.8 Å². The Labute approximate surface area is 167 Å². The number of hydrogen-bond acceptors (Lipinski definition) is 6. The van der Waals surface area contributed by atoms with E-state index < -0.39 is 4.92 Å². The Morgan fingerprint density at radius 1 is 0.929 bits per heavy atom. The van der Waals surface area contributed by atoms with Crippen molar-refractivity contribution in [1.82, 2.24) is 0 Å². The van der Waals surface area contributed by atoms with Crippen molar-refractivity contribution in [3.8, 4) is 11.5 Å². The number of rotatable bonds is 15. The monoisotopic (exact) mass is 395 g/mol. The Balaban J connectivity index is 2.37. The van der Waals surface area contributed by atoms with Gasteiger partial charge in [-0.3, -0.25) is 14.9 Å². The number of nitrogens with zero attached hydrogens (tertiary/aromatic N) is 1. The fourth-order valence-electron chi connectivity index (χ4n) is 3.01. The minimum Gasteiger partial charge on any atom is -0.493 e. The van der Waals surface area contributed by atoms with Gasteiger partial charge in [0.2, 0.25) is 0 Å². The van der Waals surface area contributed by atoms with E-state index in [-0.39, 0.29) is 29.6 Å². The summed E-state index contributed by atoms with van der Waals surface area (Å²) in [4.78, 5) is 22.7. The Kier molecular flexibility index (Phi) is 11.7. The summed E-state index contributed by atoms with van der Waals surface area (Å²) in [6.07, 6.45) is 10.9. The largest absolute Gasteiger partial charge is 0.493 e. The lowest BCUT2D eigenvalue weighted by Crippen LogP contribution is -2.07. The molecule has 7 nitrogen and oxygen atoms in total. The Morgan fingerprint density at radius 3 is 2.00 bits per heavy atom. The van der Waals surface area contributed by atoms with Gasteiger partial charge in [-0.25, -0.2) is 0 Å². The van der Waals surface area contributed by atoms with E-state index in [2.05, 4.69) is 6.92 Å². The predicted molar refractivity (Wildman–Crippen MR) is 108 cm³/mol. The SMILES string of the molecule is CCCCCCCCCCCC(=O)OCc1cc(OC)c(OC)cc1[N+](=O)[O-]. The molecule has 158 valence electrons. The molecule has 0 spiro atoms. The number of methoxy groups -OCH3 is 2. The van der Waals surface area contributed by atoms with Crippen LogP contribution >= 0.6 is 0 Å². The van der Waals surface area contributed by atoms with Crippen LogP contribution in [0.15, 0.2) is 12.1 Å². The maximum absolute atomic E-state index is 11.9. The molecule has 0 N–H and O–H groups in total. The number of unbranched alkanes of at least 4 members (excludes halogenated alkanes) is 8. The van der Waals surface area contributed by atoms with Crippen LogP contribution in [0.1, 0.15) is 76.7 Å². The van der Waals surface area contributed by atoms with E-state index in [0.29, 0.717) is 12.2 Å². The van der Waals surface area contributed by atoms with Gasteiger partial charge in [0.05, 0.1) is 30.8 Å². The van der Waals surface area contributed by atoms with Gasteiger partial charge in [0, 0.05) is 6.42 Å². The van der Waals surface area contributed by atoms with Crippen molar-refractivity contribution in [3.63, 3.8) is 0 Å². The first-order valence-electron chi connectivity index (χ1n) is 10.1. The number of ether oxygens (including phenoxy) is 3. The average Bonchev–Trinajstić information content (AvgIpc) is 2.70. The smallest absolute Gasteiger partial charge is 0.306 e. The molecule has 7 heteroatoms. The van der Waals surface area contributed by atoms with E-state index in [1.807, 2.05) is 0 Å². The molecule has 0 saturated carbocycles. The molecule has 1 aromatic rings. The maximum Gasteiger partial charge on any atom is 0.306 e. The third-order valence-corrected chi connectivity index (χ3v) is 4.65. The highest BCUT2D eigenvalue weighted by Gasteiger charge is 2.20. The molecule has 0 amide bonds. The van der Waals surface area contributed by atoms with Crippen molar-refractivity contribution < 1.29 is 23.9 Å². The molecule has 0 unspecified atom stereocenters. The van der Waals surface area contributed by atoms with Crippen LogP contribution in [0.3, 0.4) is 0 Å². The van der Waals surface area contributed by atoms with E-state index in [9.17, 15) is 14.9 Å². The number of carbonyl (C=O) groups excluding carboxylic acids is 1. The molecule has 0 heterocycles. The molecular weight excluding hydrogens is 362 g/mol. The summed E-state index contributed by atoms with van der Waals surface area (Å²) < 4.78 is 15.5. The van der Waals surface area contributed by atoms with Crippen molar-refractivity contribution in [2.24, 2.45) is 0 Å². The number of hydrogen-bond donors (Lipinski definition) is 0. The Hall–Kier alpha value is -2.31. The fourth-order valence-corrected chi connectivity index (χ4v) is 3.01. The quantitative estimate of drug-likeness (QED) is 0.167. The van der Waals surface area contributed by atoms with E-state index in [1.54, 1.807) is 0 Å². The van der Waals surface area contributed by atoms with Crippen LogP contribution in [0.2, 0.25) is 0 Å². The van der Waals surface area contributed by atoms with Crippen molar-refractivity contribution in [1.29, 1.82) is 0 Å². The number of nitro benzene ring substituents is 1. The third kappa shape index (κ3) is 8.59. The highest BCUT2D eigenvalue weighted by Crippen LogP contribution is 2.34. The normalized spacial score (nSPS) is 10.5. The zero-order chi connectivity index (χ0) is 20.8. The topological polar surface area (TPSA) is 87.9 Å². The van der Waals surface area contributed by atoms with Gasteiger partial charge in [0.25, 0.3) is 5.69 Å². The van der Waals surface area contributed by atoms with Gasteiger partial charge in [0.1, 0.15) is 6.61 Å². The highest BCUT2D eigenvalue weighted by molar-refractivity contribution is 5.69. The van der Waals surface area contributed by atoms with Crippen molar-refractivity contribution >= 4 is 11.7 Å². The zero-order valence-corrected chi connectivity index (χ0v) is 17.3. The fraction of sp³-hybridized carbons (Fsp3) is 0.667. The standard InChI is InChI=1S/C21H33NO6/c1-4-5-6-7-8-9-10-11-12-13-21(23)28-16-17-14-19(26-2)20(27-3)15-18(17)22(24)25/h14-15H,4-13,16H2,1-3H3. The molecule has 1 rings (SSSR count). The summed E-state index contributed by atoms with van der Waals surface area (Å²) in [6, 6.07) is 2.76. The van der Waals surface area contributed by atoms with Crippen LogP contribution in [0.5, 0.6) is 11.5 Å². The molecule has 0 aliphatic heterocycles. The van der Waals surface area contributed by atoms with Crippen LogP contribution in [0.25, 0.3) is 0 Å². The second kappa shape index (κ2) is 13.8. The lowest BCUT2D eigenvalue weighted by atomic mass is 10.1. The van der Waals surface area contributed by atoms with Gasteiger partial charge in [-0.1, -0.05) is 58.3 Å². The molecule has 0 aliphatic rings. The molecule has 0 fully saturated rings. The van der Waals surface area contributed by atoms with Gasteiger partial charge in [-0.2, -0.15) is 0 Å². The molecule has 0 atom stereocenters. The summed E-state index contributed by atoms with van der Waals surface area (Å²) in [6.45, 7) is 2.05. The number of benzene rings is 1. The molecule has 0 saturated heterocycles. The summed E-state index contributed by atoms with van der Waals surface area (Å²) >= 11 is 0. The first-order chi connectivity index (χ1) is 13.5. The number of esters is 1. The van der Waals surface area contributed by atoms with Crippen LogP contribution < -0.4 is 9.47 Å². The average molecular weight is 395 g/mol. The van der Waals surface area contributed by atoms with Gasteiger partial charge in [0.15, 0.2) is 11.5 Å². The molecule has 28 heavy (non-hydrogen) atoms. The Morgan fingerprint density at radius 2 is 1.46 bits per heavy atom. The molecule has 0 bridgehead atoms. The maximum atomic E-state index is 11.9. The molecular formula is C21H33NO6. The highest BCUT2D eigenvalue weighted by atomic mass is 16.6. The minimum atomic E-state index is -0.522. The van der Waals surface area contributed by atoms with Crippen molar-refractivity contribution in [2.75, 3.05) is 14.2 Å². The van der Waals surface area contributed by atoms with Crippen LogP contribution in [0, 0.1) is 10.1 Å². The summed E-state index contributed by atoms with van der Waals surface area (Å²) in [5.74, 6) is 0.282. The van der Waals surface area contributed by atoms with E-state index >= 15 is 0 Å². The first-order valence-corrected chi connectivity index (χ1v) is 10.1. The van der Waals surface area contributed by atoms with Crippen molar-refractivity contribution in [2.45, 2.75) is 77.7 Å². The second-order valence-corrected chi connectivity index (χ2v) is 6.83. The number of carbonyl (C=O) groups is 1. The van der Waals surface area contributed by atoms with Crippen LogP contribution in [0.4, 0.5) is 5.69 Å². The lowest BCUT2D eigenvalue weighted by molar-refractivity contribution is -0.385. The van der Waals surface area contributed by atoms with Gasteiger partial charge in [-0.15, -0.1) is 0 Å². The van der Waals surface area contributed by atoms with E-state index in [0.717, 1.165) is 19.3 Å². The van der Waals surface area contributed by atoms with Gasteiger partial charge in [-0.05, 0) is 12.5 Å². The van der Waals surface area contributed by atoms with Gasteiger partial charge < -0.3 is 14.2 Å². The summed E-state index contributed by atoms with van der Waals surface area (Å²) in [5, 5.41) is 11.3. The number of nitro groups is 1. The molecule has 0 radical (unpaired) electrons. The zero-order valence-electron chi connectivity index (χ0n) is 17.3. The summed E-state index contributed by atoms with van der Waals surface area (Å²) in [7, 11) is 2.86. The van der Waals surface area contributed by atoms with Crippen LogP contribution in [-0.4, -0.2) is 25.1 Å².